The third-order valence-electron chi connectivity index (χ3n) is 8.31. The lowest BCUT2D eigenvalue weighted by Gasteiger charge is -2.43. The number of anilines is 3. The first-order valence-electron chi connectivity index (χ1n) is 11.9. The molecular formula is C27H34N2S. The summed E-state index contributed by atoms with van der Waals surface area (Å²) in [4.78, 5) is 8.26. The van der Waals surface area contributed by atoms with Crippen LogP contribution in [0.5, 0.6) is 0 Å². The summed E-state index contributed by atoms with van der Waals surface area (Å²) < 4.78 is 0. The van der Waals surface area contributed by atoms with Gasteiger partial charge in [-0.2, -0.15) is 0 Å². The normalized spacial score (nSPS) is 23.7. The minimum absolute atomic E-state index is 0.257. The fourth-order valence-corrected chi connectivity index (χ4v) is 7.44. The molecular weight excluding hydrogens is 384 g/mol. The molecule has 6 rings (SSSR count). The Kier molecular flexibility index (Phi) is 4.11. The molecule has 0 amide bonds. The molecule has 0 atom stereocenters. The maximum Gasteiger partial charge on any atom is 0.0956 e. The van der Waals surface area contributed by atoms with Crippen molar-refractivity contribution in [3.8, 4) is 0 Å². The quantitative estimate of drug-likeness (QED) is 0.467. The van der Waals surface area contributed by atoms with Gasteiger partial charge in [0.2, 0.25) is 0 Å². The fourth-order valence-electron chi connectivity index (χ4n) is 6.29. The number of hydrogen-bond acceptors (Lipinski definition) is 3. The van der Waals surface area contributed by atoms with E-state index >= 15 is 0 Å². The van der Waals surface area contributed by atoms with Gasteiger partial charge in [0, 0.05) is 15.8 Å². The van der Waals surface area contributed by atoms with Crippen molar-refractivity contribution in [1.29, 1.82) is 0 Å². The maximum absolute atomic E-state index is 2.72. The summed E-state index contributed by atoms with van der Waals surface area (Å²) in [6, 6.07) is 12.8. The molecule has 2 aliphatic carbocycles. The molecule has 30 heavy (non-hydrogen) atoms. The minimum atomic E-state index is 0.257. The molecule has 158 valence electrons. The number of hydrogen-bond donors (Lipinski definition) is 0. The third kappa shape index (κ3) is 2.70. The molecule has 0 radical (unpaired) electrons. The summed E-state index contributed by atoms with van der Waals surface area (Å²) in [6.07, 6.45) is 9.43. The van der Waals surface area contributed by atoms with Gasteiger partial charge >= 0.3 is 0 Å². The van der Waals surface area contributed by atoms with E-state index in [0.29, 0.717) is 6.04 Å². The summed E-state index contributed by atoms with van der Waals surface area (Å²) in [5.74, 6) is 0. The van der Waals surface area contributed by atoms with Crippen molar-refractivity contribution in [2.24, 2.45) is 0 Å². The highest BCUT2D eigenvalue weighted by atomic mass is 32.2. The fraction of sp³-hybridized carbons (Fsp3) is 0.556. The summed E-state index contributed by atoms with van der Waals surface area (Å²) >= 11 is 1.99. The van der Waals surface area contributed by atoms with Gasteiger partial charge in [0.15, 0.2) is 0 Å². The molecule has 2 aromatic rings. The van der Waals surface area contributed by atoms with Crippen molar-refractivity contribution in [2.45, 2.75) is 99.3 Å². The molecule has 0 bridgehead atoms. The van der Waals surface area contributed by atoms with E-state index in [1.54, 1.807) is 11.1 Å². The zero-order chi connectivity index (χ0) is 20.7. The van der Waals surface area contributed by atoms with Crippen LogP contribution >= 0.6 is 11.8 Å². The van der Waals surface area contributed by atoms with Crippen molar-refractivity contribution in [3.05, 3.63) is 41.5 Å². The van der Waals surface area contributed by atoms with Crippen molar-refractivity contribution < 1.29 is 0 Å². The number of para-hydroxylation sites is 1. The van der Waals surface area contributed by atoms with Crippen LogP contribution in [0.1, 0.15) is 83.8 Å². The van der Waals surface area contributed by atoms with Crippen LogP contribution in [0.15, 0.2) is 40.1 Å². The molecule has 2 heterocycles. The van der Waals surface area contributed by atoms with E-state index in [4.69, 9.17) is 0 Å². The predicted octanol–water partition coefficient (Wildman–Crippen LogP) is 7.75. The second-order valence-electron chi connectivity index (χ2n) is 11.2. The molecule has 0 spiro atoms. The molecule has 0 aromatic heterocycles. The zero-order valence-corrected chi connectivity index (χ0v) is 19.7. The molecule has 1 saturated carbocycles. The summed E-state index contributed by atoms with van der Waals surface area (Å²) in [5, 5.41) is 0. The topological polar surface area (TPSA) is 6.48 Å². The Morgan fingerprint density at radius 1 is 0.833 bits per heavy atom. The Bertz CT molecular complexity index is 1020. The van der Waals surface area contributed by atoms with Gasteiger partial charge < -0.3 is 9.80 Å². The molecule has 0 N–H and O–H groups in total. The molecule has 4 aliphatic rings. The first kappa shape index (κ1) is 19.1. The van der Waals surface area contributed by atoms with E-state index in [9.17, 15) is 0 Å². The van der Waals surface area contributed by atoms with Gasteiger partial charge in [-0.05, 0) is 71.9 Å². The van der Waals surface area contributed by atoms with E-state index in [0.717, 1.165) is 6.67 Å². The molecule has 2 aliphatic heterocycles. The Morgan fingerprint density at radius 2 is 1.53 bits per heavy atom. The Balaban J connectivity index is 1.49. The first-order valence-corrected chi connectivity index (χ1v) is 12.7. The second-order valence-corrected chi connectivity index (χ2v) is 12.3. The van der Waals surface area contributed by atoms with Gasteiger partial charge in [-0.1, -0.05) is 64.8 Å². The highest BCUT2D eigenvalue weighted by Gasteiger charge is 2.42. The minimum Gasteiger partial charge on any atom is -0.349 e. The van der Waals surface area contributed by atoms with Crippen LogP contribution in [0.2, 0.25) is 0 Å². The van der Waals surface area contributed by atoms with Crippen LogP contribution in [0.3, 0.4) is 0 Å². The number of fused-ring (bicyclic) bond motifs is 3. The van der Waals surface area contributed by atoms with E-state index < -0.39 is 0 Å². The Labute approximate surface area is 186 Å². The summed E-state index contributed by atoms with van der Waals surface area (Å²) in [6.45, 7) is 10.8. The molecule has 3 heteroatoms. The van der Waals surface area contributed by atoms with E-state index in [2.05, 4.69) is 67.8 Å². The lowest BCUT2D eigenvalue weighted by molar-refractivity contribution is 0.331. The van der Waals surface area contributed by atoms with Crippen molar-refractivity contribution in [2.75, 3.05) is 16.5 Å². The molecule has 0 unspecified atom stereocenters. The van der Waals surface area contributed by atoms with Crippen LogP contribution in [0.4, 0.5) is 17.1 Å². The lowest BCUT2D eigenvalue weighted by atomic mass is 9.63. The Morgan fingerprint density at radius 3 is 2.27 bits per heavy atom. The van der Waals surface area contributed by atoms with E-state index in [1.807, 2.05) is 11.8 Å². The molecule has 2 nitrogen and oxygen atoms in total. The van der Waals surface area contributed by atoms with Gasteiger partial charge in [0.25, 0.3) is 0 Å². The smallest absolute Gasteiger partial charge is 0.0956 e. The molecule has 1 fully saturated rings. The number of nitrogens with zero attached hydrogens (tertiary/aromatic N) is 2. The van der Waals surface area contributed by atoms with Crippen LogP contribution in [0.25, 0.3) is 0 Å². The van der Waals surface area contributed by atoms with E-state index in [-0.39, 0.29) is 10.8 Å². The van der Waals surface area contributed by atoms with Crippen LogP contribution < -0.4 is 9.80 Å². The van der Waals surface area contributed by atoms with Gasteiger partial charge in [-0.15, -0.1) is 0 Å². The predicted molar refractivity (Wildman–Crippen MR) is 129 cm³/mol. The lowest BCUT2D eigenvalue weighted by Crippen LogP contribution is -2.39. The van der Waals surface area contributed by atoms with Crippen LogP contribution in [-0.4, -0.2) is 12.7 Å². The van der Waals surface area contributed by atoms with Crippen molar-refractivity contribution in [3.63, 3.8) is 0 Å². The van der Waals surface area contributed by atoms with E-state index in [1.165, 1.54) is 71.8 Å². The molecule has 2 aromatic carbocycles. The van der Waals surface area contributed by atoms with Crippen molar-refractivity contribution >= 4 is 28.8 Å². The average molecular weight is 419 g/mol. The van der Waals surface area contributed by atoms with Crippen molar-refractivity contribution in [1.82, 2.24) is 0 Å². The van der Waals surface area contributed by atoms with Gasteiger partial charge in [0.1, 0.15) is 0 Å². The SMILES string of the molecule is CC1(C)CCC(C)(C)c2cc3c(cc21)Sc1cccc2c1N3CN2C1CCCCC1. The molecule has 0 saturated heterocycles. The van der Waals surface area contributed by atoms with Crippen LogP contribution in [-0.2, 0) is 10.8 Å². The third-order valence-corrected chi connectivity index (χ3v) is 9.41. The highest BCUT2D eigenvalue weighted by Crippen LogP contribution is 2.58. The largest absolute Gasteiger partial charge is 0.349 e. The van der Waals surface area contributed by atoms with Crippen LogP contribution in [0, 0.1) is 0 Å². The number of rotatable bonds is 1. The van der Waals surface area contributed by atoms with Gasteiger partial charge in [-0.25, -0.2) is 0 Å². The van der Waals surface area contributed by atoms with Gasteiger partial charge in [-0.3, -0.25) is 0 Å². The highest BCUT2D eigenvalue weighted by molar-refractivity contribution is 7.99. The maximum atomic E-state index is 2.72. The standard InChI is InChI=1S/C27H34N2S/c1-26(2)13-14-27(3,4)20-16-24-22(15-19(20)26)29-17-28(18-9-6-5-7-10-18)21-11-8-12-23(30-24)25(21)29/h8,11-12,15-16,18H,5-7,9-10,13-14,17H2,1-4H3. The summed E-state index contributed by atoms with van der Waals surface area (Å²) in [5.41, 5.74) is 8.06. The second kappa shape index (κ2) is 6.45. The first-order chi connectivity index (χ1) is 14.4. The summed E-state index contributed by atoms with van der Waals surface area (Å²) in [7, 11) is 0. The number of benzene rings is 2. The van der Waals surface area contributed by atoms with Gasteiger partial charge in [0.05, 0.1) is 23.7 Å². The average Bonchev–Trinajstić information content (AvgIpc) is 3.13. The monoisotopic (exact) mass is 418 g/mol. The zero-order valence-electron chi connectivity index (χ0n) is 18.9. The Hall–Kier alpha value is -1.61.